The summed E-state index contributed by atoms with van der Waals surface area (Å²) in [5.41, 5.74) is 4.64. The van der Waals surface area contributed by atoms with Crippen LogP contribution >= 0.6 is 12.4 Å². The summed E-state index contributed by atoms with van der Waals surface area (Å²) in [5, 5.41) is 3.51. The van der Waals surface area contributed by atoms with E-state index in [9.17, 15) is 0 Å². The van der Waals surface area contributed by atoms with Gasteiger partial charge in [-0.3, -0.25) is 4.90 Å². The number of fused-ring (bicyclic) bond motifs is 3. The van der Waals surface area contributed by atoms with Crippen LogP contribution in [0.5, 0.6) is 0 Å². The zero-order chi connectivity index (χ0) is 11.0. The standard InChI is InChI=1S/C14H20N2.ClH/c1-2-11-3-4-13-12(9-11)5-7-16-8-6-15-10-14(13)16;/h3-4,9,14-15H,2,5-8,10H2,1H3;1H/t14-;/m0./s1. The number of hydrogen-bond acceptors (Lipinski definition) is 2. The quantitative estimate of drug-likeness (QED) is 0.824. The van der Waals surface area contributed by atoms with E-state index in [1.807, 2.05) is 0 Å². The lowest BCUT2D eigenvalue weighted by Gasteiger charge is -2.41. The average molecular weight is 253 g/mol. The number of rotatable bonds is 1. The summed E-state index contributed by atoms with van der Waals surface area (Å²) in [5.74, 6) is 0. The largest absolute Gasteiger partial charge is 0.314 e. The Labute approximate surface area is 110 Å². The predicted octanol–water partition coefficient (Wildman–Crippen LogP) is 2.17. The average Bonchev–Trinajstić information content (AvgIpc) is 2.38. The fraction of sp³-hybridized carbons (Fsp3) is 0.571. The second-order valence-electron chi connectivity index (χ2n) is 4.89. The number of aryl methyl sites for hydroxylation is 1. The molecule has 94 valence electrons. The number of nitrogens with one attached hydrogen (secondary N) is 1. The fourth-order valence-corrected chi connectivity index (χ4v) is 3.01. The van der Waals surface area contributed by atoms with Crippen molar-refractivity contribution in [2.24, 2.45) is 0 Å². The Morgan fingerprint density at radius 1 is 1.35 bits per heavy atom. The summed E-state index contributed by atoms with van der Waals surface area (Å²) in [6.45, 7) is 6.96. The molecule has 0 aromatic heterocycles. The van der Waals surface area contributed by atoms with E-state index < -0.39 is 0 Å². The first kappa shape index (κ1) is 12.9. The molecule has 0 bridgehead atoms. The van der Waals surface area contributed by atoms with Gasteiger partial charge in [0, 0.05) is 32.2 Å². The van der Waals surface area contributed by atoms with Crippen molar-refractivity contribution < 1.29 is 0 Å². The molecular formula is C14H21ClN2. The van der Waals surface area contributed by atoms with E-state index in [-0.39, 0.29) is 12.4 Å². The number of nitrogens with zero attached hydrogens (tertiary/aromatic N) is 1. The molecule has 0 aliphatic carbocycles. The van der Waals surface area contributed by atoms with Crippen molar-refractivity contribution in [3.8, 4) is 0 Å². The number of piperazine rings is 1. The molecule has 1 aromatic rings. The van der Waals surface area contributed by atoms with E-state index in [1.165, 1.54) is 25.1 Å². The van der Waals surface area contributed by atoms with Gasteiger partial charge in [-0.05, 0) is 29.5 Å². The minimum Gasteiger partial charge on any atom is -0.314 e. The Balaban J connectivity index is 0.00000108. The van der Waals surface area contributed by atoms with Gasteiger partial charge in [-0.1, -0.05) is 25.1 Å². The van der Waals surface area contributed by atoms with Crippen molar-refractivity contribution >= 4 is 12.4 Å². The van der Waals surface area contributed by atoms with Crippen LogP contribution in [0.15, 0.2) is 18.2 Å². The van der Waals surface area contributed by atoms with E-state index in [1.54, 1.807) is 11.1 Å². The maximum absolute atomic E-state index is 3.51. The van der Waals surface area contributed by atoms with Crippen molar-refractivity contribution in [1.29, 1.82) is 0 Å². The molecule has 0 radical (unpaired) electrons. The molecule has 1 saturated heterocycles. The van der Waals surface area contributed by atoms with Crippen LogP contribution in [0.3, 0.4) is 0 Å². The van der Waals surface area contributed by atoms with Crippen LogP contribution in [0.25, 0.3) is 0 Å². The van der Waals surface area contributed by atoms with E-state index in [2.05, 4.69) is 35.3 Å². The smallest absolute Gasteiger partial charge is 0.0476 e. The minimum absolute atomic E-state index is 0. The third kappa shape index (κ3) is 2.35. The van der Waals surface area contributed by atoms with Crippen LogP contribution in [0.1, 0.15) is 29.7 Å². The zero-order valence-electron chi connectivity index (χ0n) is 10.4. The highest BCUT2D eigenvalue weighted by Gasteiger charge is 2.28. The van der Waals surface area contributed by atoms with Crippen LogP contribution < -0.4 is 5.32 Å². The van der Waals surface area contributed by atoms with Crippen molar-refractivity contribution in [2.75, 3.05) is 26.2 Å². The molecule has 1 aromatic carbocycles. The third-order valence-electron chi connectivity index (χ3n) is 4.00. The summed E-state index contributed by atoms with van der Waals surface area (Å²) < 4.78 is 0. The molecule has 3 heteroatoms. The molecule has 1 N–H and O–H groups in total. The number of halogens is 1. The molecule has 2 heterocycles. The molecule has 2 aliphatic rings. The van der Waals surface area contributed by atoms with Crippen LogP contribution in [0.2, 0.25) is 0 Å². The molecule has 0 saturated carbocycles. The number of benzene rings is 1. The van der Waals surface area contributed by atoms with Crippen LogP contribution in [-0.4, -0.2) is 31.1 Å². The van der Waals surface area contributed by atoms with Crippen LogP contribution in [-0.2, 0) is 12.8 Å². The van der Waals surface area contributed by atoms with Crippen molar-refractivity contribution in [3.63, 3.8) is 0 Å². The predicted molar refractivity (Wildman–Crippen MR) is 74.0 cm³/mol. The Morgan fingerprint density at radius 2 is 2.24 bits per heavy atom. The lowest BCUT2D eigenvalue weighted by atomic mass is 9.89. The first-order chi connectivity index (χ1) is 7.88. The highest BCUT2D eigenvalue weighted by molar-refractivity contribution is 5.85. The van der Waals surface area contributed by atoms with Crippen molar-refractivity contribution in [2.45, 2.75) is 25.8 Å². The molecule has 3 rings (SSSR count). The van der Waals surface area contributed by atoms with Gasteiger partial charge in [-0.25, -0.2) is 0 Å². The Bertz CT molecular complexity index is 392. The molecule has 2 nitrogen and oxygen atoms in total. The molecule has 1 atom stereocenters. The monoisotopic (exact) mass is 252 g/mol. The van der Waals surface area contributed by atoms with Gasteiger partial charge in [0.25, 0.3) is 0 Å². The second kappa shape index (κ2) is 5.38. The molecule has 2 aliphatic heterocycles. The van der Waals surface area contributed by atoms with Gasteiger partial charge >= 0.3 is 0 Å². The third-order valence-corrected chi connectivity index (χ3v) is 4.00. The van der Waals surface area contributed by atoms with Gasteiger partial charge in [-0.2, -0.15) is 0 Å². The number of hydrogen-bond donors (Lipinski definition) is 1. The highest BCUT2D eigenvalue weighted by atomic mass is 35.5. The van der Waals surface area contributed by atoms with Crippen LogP contribution in [0, 0.1) is 0 Å². The maximum Gasteiger partial charge on any atom is 0.0476 e. The van der Waals surface area contributed by atoms with Gasteiger partial charge in [0.1, 0.15) is 0 Å². The van der Waals surface area contributed by atoms with E-state index in [4.69, 9.17) is 0 Å². The first-order valence-corrected chi connectivity index (χ1v) is 6.45. The van der Waals surface area contributed by atoms with Gasteiger partial charge < -0.3 is 5.32 Å². The van der Waals surface area contributed by atoms with Gasteiger partial charge in [-0.15, -0.1) is 12.4 Å². The lowest BCUT2D eigenvalue weighted by molar-refractivity contribution is 0.152. The first-order valence-electron chi connectivity index (χ1n) is 6.45. The molecule has 0 amide bonds. The minimum atomic E-state index is 0. The van der Waals surface area contributed by atoms with E-state index in [0.29, 0.717) is 6.04 Å². The highest BCUT2D eigenvalue weighted by Crippen LogP contribution is 2.30. The summed E-state index contributed by atoms with van der Waals surface area (Å²) >= 11 is 0. The summed E-state index contributed by atoms with van der Waals surface area (Å²) in [6.07, 6.45) is 2.39. The second-order valence-corrected chi connectivity index (χ2v) is 4.89. The fourth-order valence-electron chi connectivity index (χ4n) is 3.01. The maximum atomic E-state index is 3.51. The van der Waals surface area contributed by atoms with E-state index in [0.717, 1.165) is 19.5 Å². The Hall–Kier alpha value is -0.570. The van der Waals surface area contributed by atoms with Gasteiger partial charge in [0.05, 0.1) is 0 Å². The Kier molecular flexibility index (Phi) is 4.08. The normalized spacial score (nSPS) is 23.5. The summed E-state index contributed by atoms with van der Waals surface area (Å²) in [6, 6.07) is 7.71. The molecule has 0 unspecified atom stereocenters. The lowest BCUT2D eigenvalue weighted by Crippen LogP contribution is -2.48. The molecular weight excluding hydrogens is 232 g/mol. The van der Waals surface area contributed by atoms with Gasteiger partial charge in [0.2, 0.25) is 0 Å². The van der Waals surface area contributed by atoms with Crippen molar-refractivity contribution in [3.05, 3.63) is 34.9 Å². The SMILES string of the molecule is CCc1ccc2c(c1)CCN1CCNC[C@@H]21.Cl. The molecule has 0 spiro atoms. The van der Waals surface area contributed by atoms with E-state index >= 15 is 0 Å². The Morgan fingerprint density at radius 3 is 3.06 bits per heavy atom. The summed E-state index contributed by atoms with van der Waals surface area (Å²) in [7, 11) is 0. The van der Waals surface area contributed by atoms with Gasteiger partial charge in [0.15, 0.2) is 0 Å². The molecule has 17 heavy (non-hydrogen) atoms. The topological polar surface area (TPSA) is 15.3 Å². The van der Waals surface area contributed by atoms with Crippen molar-refractivity contribution in [1.82, 2.24) is 10.2 Å². The van der Waals surface area contributed by atoms with Crippen LogP contribution in [0.4, 0.5) is 0 Å². The summed E-state index contributed by atoms with van der Waals surface area (Å²) in [4.78, 5) is 2.63. The zero-order valence-corrected chi connectivity index (χ0v) is 11.2. The molecule has 1 fully saturated rings.